The van der Waals surface area contributed by atoms with E-state index in [9.17, 15) is 18.0 Å². The molecule has 0 atom stereocenters. The molecule has 0 aromatic heterocycles. The highest BCUT2D eigenvalue weighted by atomic mass is 32.2. The summed E-state index contributed by atoms with van der Waals surface area (Å²) in [6.07, 6.45) is 3.85. The summed E-state index contributed by atoms with van der Waals surface area (Å²) in [4.78, 5) is 29.3. The van der Waals surface area contributed by atoms with Gasteiger partial charge < -0.3 is 15.0 Å². The monoisotopic (exact) mass is 494 g/mol. The molecule has 34 heavy (non-hydrogen) atoms. The molecule has 0 saturated carbocycles. The molecule has 2 amide bonds. The normalized spacial score (nSPS) is 17.9. The van der Waals surface area contributed by atoms with Gasteiger partial charge >= 0.3 is 0 Å². The SMILES string of the molecule is COc1cc(C)c(S(=O)(=O)N(C)CCC(=O)NC2CCN(C(=O)CN3CCCC3)CC2)c(C)c1. The second-order valence-corrected chi connectivity index (χ2v) is 11.4. The molecule has 190 valence electrons. The number of piperidine rings is 1. The fourth-order valence-electron chi connectivity index (χ4n) is 4.78. The number of rotatable bonds is 9. The van der Waals surface area contributed by atoms with Crippen LogP contribution < -0.4 is 10.1 Å². The van der Waals surface area contributed by atoms with Crippen LogP contribution in [0.3, 0.4) is 0 Å². The predicted molar refractivity (Wildman–Crippen MR) is 130 cm³/mol. The number of nitrogens with zero attached hydrogens (tertiary/aromatic N) is 3. The fraction of sp³-hybridized carbons (Fsp3) is 0.667. The van der Waals surface area contributed by atoms with Gasteiger partial charge in [0, 0.05) is 39.1 Å². The quantitative estimate of drug-likeness (QED) is 0.559. The number of amides is 2. The van der Waals surface area contributed by atoms with Gasteiger partial charge in [-0.3, -0.25) is 14.5 Å². The Bertz CT molecular complexity index is 960. The molecule has 2 fully saturated rings. The van der Waals surface area contributed by atoms with Gasteiger partial charge in [0.05, 0.1) is 18.6 Å². The van der Waals surface area contributed by atoms with Crippen molar-refractivity contribution in [2.75, 3.05) is 53.4 Å². The van der Waals surface area contributed by atoms with Gasteiger partial charge in [0.1, 0.15) is 5.75 Å². The minimum Gasteiger partial charge on any atom is -0.497 e. The molecule has 0 spiro atoms. The Morgan fingerprint density at radius 3 is 2.24 bits per heavy atom. The maximum atomic E-state index is 13.1. The van der Waals surface area contributed by atoms with Crippen molar-refractivity contribution < 1.29 is 22.7 Å². The number of benzene rings is 1. The van der Waals surface area contributed by atoms with E-state index in [2.05, 4.69) is 10.2 Å². The van der Waals surface area contributed by atoms with Crippen molar-refractivity contribution in [3.05, 3.63) is 23.3 Å². The molecule has 1 aromatic rings. The Kier molecular flexibility index (Phi) is 8.95. The third-order valence-electron chi connectivity index (χ3n) is 6.76. The van der Waals surface area contributed by atoms with Crippen molar-refractivity contribution in [3.63, 3.8) is 0 Å². The van der Waals surface area contributed by atoms with Crippen LogP contribution in [0.4, 0.5) is 0 Å². The van der Waals surface area contributed by atoms with Gasteiger partial charge in [-0.05, 0) is 75.9 Å². The van der Waals surface area contributed by atoms with Crippen molar-refractivity contribution in [2.45, 2.75) is 56.9 Å². The number of nitrogens with one attached hydrogen (secondary N) is 1. The van der Waals surface area contributed by atoms with E-state index >= 15 is 0 Å². The van der Waals surface area contributed by atoms with Gasteiger partial charge in [-0.1, -0.05) is 0 Å². The van der Waals surface area contributed by atoms with Crippen LogP contribution in [-0.2, 0) is 19.6 Å². The van der Waals surface area contributed by atoms with Crippen LogP contribution in [0, 0.1) is 13.8 Å². The third-order valence-corrected chi connectivity index (χ3v) is 8.92. The molecule has 10 heteroatoms. The van der Waals surface area contributed by atoms with Crippen LogP contribution in [0.2, 0.25) is 0 Å². The molecule has 1 N–H and O–H groups in total. The number of hydrogen-bond acceptors (Lipinski definition) is 6. The second-order valence-electron chi connectivity index (χ2n) is 9.37. The minimum atomic E-state index is -3.73. The molecule has 9 nitrogen and oxygen atoms in total. The molecule has 0 aliphatic carbocycles. The molecule has 2 saturated heterocycles. The van der Waals surface area contributed by atoms with Gasteiger partial charge in [0.15, 0.2) is 0 Å². The largest absolute Gasteiger partial charge is 0.497 e. The molecule has 2 aliphatic rings. The van der Waals surface area contributed by atoms with E-state index in [1.807, 2.05) is 4.90 Å². The smallest absolute Gasteiger partial charge is 0.243 e. The van der Waals surface area contributed by atoms with E-state index < -0.39 is 10.0 Å². The zero-order valence-corrected chi connectivity index (χ0v) is 21.6. The van der Waals surface area contributed by atoms with Crippen LogP contribution in [0.1, 0.15) is 43.2 Å². The fourth-order valence-corrected chi connectivity index (χ4v) is 6.35. The first kappa shape index (κ1) is 26.4. The first-order valence-corrected chi connectivity index (χ1v) is 13.5. The Morgan fingerprint density at radius 1 is 1.09 bits per heavy atom. The Morgan fingerprint density at radius 2 is 1.68 bits per heavy atom. The van der Waals surface area contributed by atoms with Crippen LogP contribution in [0.5, 0.6) is 5.75 Å². The summed E-state index contributed by atoms with van der Waals surface area (Å²) in [6.45, 7) is 7.34. The number of aryl methyl sites for hydroxylation is 2. The maximum Gasteiger partial charge on any atom is 0.243 e. The highest BCUT2D eigenvalue weighted by molar-refractivity contribution is 7.89. The summed E-state index contributed by atoms with van der Waals surface area (Å²) < 4.78 is 32.7. The zero-order valence-electron chi connectivity index (χ0n) is 20.8. The average molecular weight is 495 g/mol. The van der Waals surface area contributed by atoms with Crippen molar-refractivity contribution in [1.82, 2.24) is 19.4 Å². The van der Waals surface area contributed by atoms with Gasteiger partial charge in [-0.15, -0.1) is 0 Å². The molecular formula is C24H38N4O5S. The third kappa shape index (κ3) is 6.49. The van der Waals surface area contributed by atoms with Gasteiger partial charge in [-0.25, -0.2) is 12.7 Å². The lowest BCUT2D eigenvalue weighted by Gasteiger charge is -2.33. The van der Waals surface area contributed by atoms with E-state index in [1.54, 1.807) is 33.1 Å². The molecule has 0 unspecified atom stereocenters. The maximum absolute atomic E-state index is 13.1. The van der Waals surface area contributed by atoms with E-state index in [-0.39, 0.29) is 35.7 Å². The topological polar surface area (TPSA) is 99.3 Å². The molecule has 2 heterocycles. The molecule has 2 aliphatic heterocycles. The lowest BCUT2D eigenvalue weighted by Crippen LogP contribution is -2.49. The number of hydrogen-bond donors (Lipinski definition) is 1. The lowest BCUT2D eigenvalue weighted by molar-refractivity contribution is -0.133. The van der Waals surface area contributed by atoms with Crippen molar-refractivity contribution >= 4 is 21.8 Å². The Hall–Kier alpha value is -2.17. The summed E-state index contributed by atoms with van der Waals surface area (Å²) in [7, 11) is -0.690. The number of ether oxygens (including phenoxy) is 1. The van der Waals surface area contributed by atoms with Crippen molar-refractivity contribution in [2.24, 2.45) is 0 Å². The Balaban J connectivity index is 1.45. The summed E-state index contributed by atoms with van der Waals surface area (Å²) in [5.41, 5.74) is 1.22. The molecule has 1 aromatic carbocycles. The lowest BCUT2D eigenvalue weighted by atomic mass is 10.0. The van der Waals surface area contributed by atoms with Crippen LogP contribution in [-0.4, -0.2) is 93.8 Å². The van der Waals surface area contributed by atoms with Crippen molar-refractivity contribution in [3.8, 4) is 5.75 Å². The average Bonchev–Trinajstić information content (AvgIpc) is 3.30. The van der Waals surface area contributed by atoms with Gasteiger partial charge in [0.25, 0.3) is 0 Å². The number of likely N-dealkylation sites (tertiary alicyclic amines) is 2. The van der Waals surface area contributed by atoms with E-state index in [1.165, 1.54) is 11.4 Å². The molecule has 3 rings (SSSR count). The summed E-state index contributed by atoms with van der Waals surface area (Å²) in [5, 5.41) is 3.01. The van der Waals surface area contributed by atoms with E-state index in [0.717, 1.165) is 38.8 Å². The highest BCUT2D eigenvalue weighted by Crippen LogP contribution is 2.27. The van der Waals surface area contributed by atoms with Crippen LogP contribution in [0.25, 0.3) is 0 Å². The minimum absolute atomic E-state index is 0.0105. The summed E-state index contributed by atoms with van der Waals surface area (Å²) in [6, 6.07) is 3.40. The first-order chi connectivity index (χ1) is 16.1. The number of sulfonamides is 1. The number of methoxy groups -OCH3 is 1. The van der Waals surface area contributed by atoms with Crippen LogP contribution in [0.15, 0.2) is 17.0 Å². The molecule has 0 radical (unpaired) electrons. The molecular weight excluding hydrogens is 456 g/mol. The predicted octanol–water partition coefficient (Wildman–Crippen LogP) is 1.53. The zero-order chi connectivity index (χ0) is 24.9. The van der Waals surface area contributed by atoms with Gasteiger partial charge in [-0.2, -0.15) is 0 Å². The van der Waals surface area contributed by atoms with Crippen LogP contribution >= 0.6 is 0 Å². The second kappa shape index (κ2) is 11.5. The van der Waals surface area contributed by atoms with Gasteiger partial charge in [0.2, 0.25) is 21.8 Å². The Labute approximate surface area is 203 Å². The summed E-state index contributed by atoms with van der Waals surface area (Å²) in [5.74, 6) is 0.606. The number of carbonyl (C=O) groups is 2. The first-order valence-electron chi connectivity index (χ1n) is 12.0. The molecule has 0 bridgehead atoms. The number of carbonyl (C=O) groups excluding carboxylic acids is 2. The van der Waals surface area contributed by atoms with E-state index in [4.69, 9.17) is 4.74 Å². The highest BCUT2D eigenvalue weighted by Gasteiger charge is 2.28. The standard InChI is InChI=1S/C24H38N4O5S/c1-18-15-21(33-4)16-19(2)24(18)34(31,32)26(3)12-9-22(29)25-20-7-13-28(14-8-20)23(30)17-27-10-5-6-11-27/h15-16,20H,5-14,17H2,1-4H3,(H,25,29). The van der Waals surface area contributed by atoms with Crippen molar-refractivity contribution in [1.29, 1.82) is 0 Å². The summed E-state index contributed by atoms with van der Waals surface area (Å²) >= 11 is 0. The van der Waals surface area contributed by atoms with E-state index in [0.29, 0.717) is 36.5 Å².